The highest BCUT2D eigenvalue weighted by Crippen LogP contribution is 2.25. The number of nitrogens with zero attached hydrogens (tertiary/aromatic N) is 5. The minimum atomic E-state index is -4.70. The van der Waals surface area contributed by atoms with Crippen molar-refractivity contribution in [2.45, 2.75) is 19.3 Å². The molecule has 0 bridgehead atoms. The third-order valence-corrected chi connectivity index (χ3v) is 3.05. The number of anilines is 1. The Balaban J connectivity index is 1.71. The van der Waals surface area contributed by atoms with Gasteiger partial charge in [-0.05, 0) is 47.2 Å². The van der Waals surface area contributed by atoms with Crippen molar-refractivity contribution in [2.24, 2.45) is 0 Å². The highest BCUT2D eigenvalue weighted by Gasteiger charge is 2.31. The number of tetrazole rings is 1. The Morgan fingerprint density at radius 1 is 1.13 bits per heavy atom. The summed E-state index contributed by atoms with van der Waals surface area (Å²) in [5, 5.41) is 18.2. The maximum Gasteiger partial charge on any atom is 0.573 e. The molecule has 10 heteroatoms. The third-order valence-electron chi connectivity index (χ3n) is 3.05. The molecule has 1 aromatic carbocycles. The molecule has 0 aliphatic heterocycles. The number of alkyl halides is 3. The quantitative estimate of drug-likeness (QED) is 0.795. The van der Waals surface area contributed by atoms with Crippen molar-refractivity contribution in [1.29, 1.82) is 0 Å². The van der Waals surface area contributed by atoms with Gasteiger partial charge in [-0.15, -0.1) is 28.0 Å². The Bertz CT molecular complexity index is 801. The molecule has 0 amide bonds. The highest BCUT2D eigenvalue weighted by atomic mass is 19.4. The number of ether oxygens (including phenoxy) is 1. The maximum absolute atomic E-state index is 12.1. The summed E-state index contributed by atoms with van der Waals surface area (Å²) in [5.41, 5.74) is 1.29. The van der Waals surface area contributed by atoms with Gasteiger partial charge in [0.05, 0.1) is 6.04 Å². The molecular formula is C13H11F3N6O. The molecular weight excluding hydrogens is 313 g/mol. The van der Waals surface area contributed by atoms with Crippen molar-refractivity contribution in [3.8, 4) is 5.75 Å². The first-order valence-electron chi connectivity index (χ1n) is 6.58. The van der Waals surface area contributed by atoms with Crippen molar-refractivity contribution in [1.82, 2.24) is 25.3 Å². The average molecular weight is 324 g/mol. The summed E-state index contributed by atoms with van der Waals surface area (Å²) in [6.45, 7) is 1.85. The van der Waals surface area contributed by atoms with Gasteiger partial charge in [0.2, 0.25) is 0 Å². The Labute approximate surface area is 128 Å². The molecule has 2 heterocycles. The van der Waals surface area contributed by atoms with Crippen molar-refractivity contribution in [2.75, 3.05) is 5.32 Å². The van der Waals surface area contributed by atoms with E-state index < -0.39 is 6.36 Å². The molecule has 2 aromatic heterocycles. The van der Waals surface area contributed by atoms with Gasteiger partial charge in [0.15, 0.2) is 5.65 Å². The van der Waals surface area contributed by atoms with Crippen LogP contribution in [0.4, 0.5) is 19.0 Å². The average Bonchev–Trinajstić information content (AvgIpc) is 2.94. The zero-order valence-corrected chi connectivity index (χ0v) is 11.8. The summed E-state index contributed by atoms with van der Waals surface area (Å²) in [7, 11) is 0. The second-order valence-electron chi connectivity index (χ2n) is 4.73. The van der Waals surface area contributed by atoms with E-state index in [1.54, 1.807) is 24.3 Å². The normalized spacial score (nSPS) is 13.0. The second kappa shape index (κ2) is 5.71. The Morgan fingerprint density at radius 2 is 1.87 bits per heavy atom. The maximum atomic E-state index is 12.1. The molecule has 0 aliphatic rings. The fourth-order valence-electron chi connectivity index (χ4n) is 1.99. The van der Waals surface area contributed by atoms with E-state index in [0.29, 0.717) is 11.5 Å². The SMILES string of the molecule is C[C@H](Nc1ccc2nnnn2n1)c1ccc(OC(F)(F)F)cc1. The molecule has 7 nitrogen and oxygen atoms in total. The van der Waals surface area contributed by atoms with Crippen molar-refractivity contribution in [3.05, 3.63) is 42.0 Å². The van der Waals surface area contributed by atoms with E-state index in [-0.39, 0.29) is 11.8 Å². The summed E-state index contributed by atoms with van der Waals surface area (Å²) in [6, 6.07) is 8.85. The topological polar surface area (TPSA) is 77.2 Å². The van der Waals surface area contributed by atoms with Crippen LogP contribution in [0.5, 0.6) is 5.75 Å². The van der Waals surface area contributed by atoms with Gasteiger partial charge in [0.1, 0.15) is 11.6 Å². The Morgan fingerprint density at radius 3 is 2.57 bits per heavy atom. The second-order valence-corrected chi connectivity index (χ2v) is 4.73. The lowest BCUT2D eigenvalue weighted by Crippen LogP contribution is -2.17. The number of benzene rings is 1. The van der Waals surface area contributed by atoms with Gasteiger partial charge in [-0.25, -0.2) is 0 Å². The molecule has 0 aliphatic carbocycles. The Hall–Kier alpha value is -2.91. The lowest BCUT2D eigenvalue weighted by atomic mass is 10.1. The van der Waals surface area contributed by atoms with Gasteiger partial charge in [-0.1, -0.05) is 12.1 Å². The minimum absolute atomic E-state index is 0.184. The number of rotatable bonds is 4. The third kappa shape index (κ3) is 3.65. The monoisotopic (exact) mass is 324 g/mol. The fraction of sp³-hybridized carbons (Fsp3) is 0.231. The van der Waals surface area contributed by atoms with Gasteiger partial charge in [0.25, 0.3) is 0 Å². The molecule has 1 atom stereocenters. The summed E-state index contributed by atoms with van der Waals surface area (Å²) in [5.74, 6) is 0.273. The van der Waals surface area contributed by atoms with Crippen LogP contribution in [0.1, 0.15) is 18.5 Å². The molecule has 0 spiro atoms. The van der Waals surface area contributed by atoms with Crippen molar-refractivity contribution >= 4 is 11.5 Å². The van der Waals surface area contributed by atoms with E-state index in [1.165, 1.54) is 16.8 Å². The lowest BCUT2D eigenvalue weighted by Gasteiger charge is -2.15. The number of fused-ring (bicyclic) bond motifs is 1. The molecule has 3 rings (SSSR count). The van der Waals surface area contributed by atoms with E-state index >= 15 is 0 Å². The lowest BCUT2D eigenvalue weighted by molar-refractivity contribution is -0.274. The first kappa shape index (κ1) is 15.0. The molecule has 0 unspecified atom stereocenters. The van der Waals surface area contributed by atoms with Gasteiger partial charge in [-0.2, -0.15) is 0 Å². The molecule has 3 aromatic rings. The smallest absolute Gasteiger partial charge is 0.406 e. The molecule has 23 heavy (non-hydrogen) atoms. The van der Waals surface area contributed by atoms with Crippen molar-refractivity contribution in [3.63, 3.8) is 0 Å². The zero-order valence-electron chi connectivity index (χ0n) is 11.8. The number of hydrogen-bond acceptors (Lipinski definition) is 6. The predicted molar refractivity (Wildman–Crippen MR) is 73.7 cm³/mol. The van der Waals surface area contributed by atoms with Gasteiger partial charge >= 0.3 is 6.36 Å². The van der Waals surface area contributed by atoms with E-state index in [0.717, 1.165) is 5.56 Å². The van der Waals surface area contributed by atoms with E-state index in [1.807, 2.05) is 6.92 Å². The van der Waals surface area contributed by atoms with Crippen LogP contribution in [-0.4, -0.2) is 31.6 Å². The van der Waals surface area contributed by atoms with Crippen LogP contribution in [0.3, 0.4) is 0 Å². The first-order chi connectivity index (χ1) is 10.9. The number of hydrogen-bond donors (Lipinski definition) is 1. The molecule has 0 fully saturated rings. The van der Waals surface area contributed by atoms with E-state index in [4.69, 9.17) is 0 Å². The van der Waals surface area contributed by atoms with E-state index in [2.05, 4.69) is 30.7 Å². The number of nitrogens with one attached hydrogen (secondary N) is 1. The van der Waals surface area contributed by atoms with Gasteiger partial charge in [-0.3, -0.25) is 0 Å². The fourth-order valence-corrected chi connectivity index (χ4v) is 1.99. The minimum Gasteiger partial charge on any atom is -0.406 e. The summed E-state index contributed by atoms with van der Waals surface area (Å²) in [6.07, 6.45) is -4.70. The largest absolute Gasteiger partial charge is 0.573 e. The molecule has 120 valence electrons. The Kier molecular flexibility index (Phi) is 3.72. The van der Waals surface area contributed by atoms with Crippen LogP contribution in [0.25, 0.3) is 5.65 Å². The van der Waals surface area contributed by atoms with Crippen LogP contribution < -0.4 is 10.1 Å². The molecule has 0 saturated carbocycles. The van der Waals surface area contributed by atoms with Crippen LogP contribution in [0.2, 0.25) is 0 Å². The van der Waals surface area contributed by atoms with Crippen LogP contribution in [-0.2, 0) is 0 Å². The predicted octanol–water partition coefficient (Wildman–Crippen LogP) is 2.59. The standard InChI is InChI=1S/C13H11F3N6O/c1-8(9-2-4-10(5-3-9)23-13(14,15)16)17-11-6-7-12-18-20-21-22(12)19-11/h2-8H,1H3,(H,17,19)/t8-/m0/s1. The van der Waals surface area contributed by atoms with Gasteiger partial charge < -0.3 is 10.1 Å². The number of aromatic nitrogens is 5. The van der Waals surface area contributed by atoms with Gasteiger partial charge in [0, 0.05) is 0 Å². The van der Waals surface area contributed by atoms with Crippen LogP contribution in [0, 0.1) is 0 Å². The van der Waals surface area contributed by atoms with E-state index in [9.17, 15) is 13.2 Å². The molecule has 0 radical (unpaired) electrons. The summed E-state index contributed by atoms with van der Waals surface area (Å²) in [4.78, 5) is 0. The molecule has 1 N–H and O–H groups in total. The highest BCUT2D eigenvalue weighted by molar-refractivity contribution is 5.44. The summed E-state index contributed by atoms with van der Waals surface area (Å²) >= 11 is 0. The van der Waals surface area contributed by atoms with Crippen LogP contribution in [0.15, 0.2) is 36.4 Å². The molecule has 0 saturated heterocycles. The summed E-state index contributed by atoms with van der Waals surface area (Å²) < 4.78 is 41.5. The first-order valence-corrected chi connectivity index (χ1v) is 6.58. The number of halogens is 3. The zero-order chi connectivity index (χ0) is 16.4. The van der Waals surface area contributed by atoms with Crippen molar-refractivity contribution < 1.29 is 17.9 Å². The van der Waals surface area contributed by atoms with Crippen LogP contribution >= 0.6 is 0 Å².